The van der Waals surface area contributed by atoms with E-state index >= 15 is 0 Å². The lowest BCUT2D eigenvalue weighted by molar-refractivity contribution is -0.140. The average Bonchev–Trinajstić information content (AvgIpc) is 2.08. The predicted octanol–water partition coefficient (Wildman–Crippen LogP) is 2.41. The molecule has 0 aliphatic heterocycles. The molecule has 2 atom stereocenters. The summed E-state index contributed by atoms with van der Waals surface area (Å²) in [5, 5.41) is 8.65. The van der Waals surface area contributed by atoms with Crippen molar-refractivity contribution in [1.82, 2.24) is 0 Å². The summed E-state index contributed by atoms with van der Waals surface area (Å²) in [4.78, 5) is 9.03. The van der Waals surface area contributed by atoms with Gasteiger partial charge >= 0.3 is 5.97 Å². The van der Waals surface area contributed by atoms with Gasteiger partial charge in [-0.15, -0.1) is 0 Å². The molecule has 0 aromatic heterocycles. The lowest BCUT2D eigenvalue weighted by Crippen LogP contribution is -2.46. The maximum absolute atomic E-state index is 10.8. The van der Waals surface area contributed by atoms with Crippen molar-refractivity contribution in [2.24, 2.45) is 11.7 Å². The van der Waals surface area contributed by atoms with Crippen LogP contribution in [0, 0.1) is 5.92 Å². The van der Waals surface area contributed by atoms with Crippen molar-refractivity contribution in [2.45, 2.75) is 5.00 Å². The van der Waals surface area contributed by atoms with E-state index in [2.05, 4.69) is 0 Å². The summed E-state index contributed by atoms with van der Waals surface area (Å²) in [5.41, 5.74) is 5.53. The van der Waals surface area contributed by atoms with Gasteiger partial charge in [-0.05, 0) is 6.08 Å². The summed E-state index contributed by atoms with van der Waals surface area (Å²) >= 11 is 22.8. The number of hydrogen-bond acceptors (Lipinski definition) is 2. The molecule has 0 radical (unpaired) electrons. The van der Waals surface area contributed by atoms with Crippen molar-refractivity contribution in [3.63, 3.8) is 0 Å². The molecule has 3 N–H and O–H groups in total. The Labute approximate surface area is 100 Å². The summed E-state index contributed by atoms with van der Waals surface area (Å²) in [5.74, 6) is -2.42. The second-order valence-electron chi connectivity index (χ2n) is 2.73. The molecule has 7 heteroatoms. The van der Waals surface area contributed by atoms with E-state index in [-0.39, 0.29) is 15.1 Å². The van der Waals surface area contributed by atoms with Crippen LogP contribution in [0.5, 0.6) is 0 Å². The minimum Gasteiger partial charge on any atom is -0.481 e. The number of rotatable bonds is 1. The fourth-order valence-corrected chi connectivity index (χ4v) is 2.01. The van der Waals surface area contributed by atoms with Gasteiger partial charge in [0.25, 0.3) is 0 Å². The van der Waals surface area contributed by atoms with E-state index in [1.54, 1.807) is 0 Å². The zero-order chi connectivity index (χ0) is 11.1. The first-order valence-electron chi connectivity index (χ1n) is 3.42. The first-order chi connectivity index (χ1) is 6.28. The van der Waals surface area contributed by atoms with Gasteiger partial charge in [-0.1, -0.05) is 46.4 Å². The topological polar surface area (TPSA) is 63.3 Å². The fourth-order valence-electron chi connectivity index (χ4n) is 1.00. The number of carboxylic acid groups (broad SMARTS) is 1. The van der Waals surface area contributed by atoms with Crippen LogP contribution in [0.2, 0.25) is 0 Å². The highest BCUT2D eigenvalue weighted by Crippen LogP contribution is 2.43. The first kappa shape index (κ1) is 12.1. The SMILES string of the molecule is NC1(Cl)C(Cl)=C(Cl)C(Cl)=CC1C(=O)O. The Bertz CT molecular complexity index is 348. The van der Waals surface area contributed by atoms with Crippen molar-refractivity contribution in [1.29, 1.82) is 0 Å². The van der Waals surface area contributed by atoms with Gasteiger partial charge in [0, 0.05) is 0 Å². The van der Waals surface area contributed by atoms with Crippen molar-refractivity contribution >= 4 is 52.4 Å². The second kappa shape index (κ2) is 3.91. The van der Waals surface area contributed by atoms with Crippen LogP contribution in [0.1, 0.15) is 0 Å². The lowest BCUT2D eigenvalue weighted by Gasteiger charge is -2.30. The van der Waals surface area contributed by atoms with E-state index in [1.165, 1.54) is 0 Å². The monoisotopic (exact) mass is 275 g/mol. The molecule has 0 spiro atoms. The van der Waals surface area contributed by atoms with E-state index in [1.807, 2.05) is 0 Å². The van der Waals surface area contributed by atoms with Gasteiger partial charge in [0.2, 0.25) is 0 Å². The molecule has 1 rings (SSSR count). The number of halogens is 4. The third-order valence-corrected chi connectivity index (χ3v) is 3.69. The van der Waals surface area contributed by atoms with Crippen LogP contribution in [-0.4, -0.2) is 16.1 Å². The van der Waals surface area contributed by atoms with Crippen molar-refractivity contribution in [3.05, 3.63) is 21.2 Å². The number of nitrogens with two attached hydrogens (primary N) is 1. The van der Waals surface area contributed by atoms with E-state index in [0.29, 0.717) is 0 Å². The standard InChI is InChI=1S/C7H5Cl4NO2/c8-3-1-2(6(13)14)7(11,12)5(10)4(3)9/h1-2H,12H2,(H,13,14). The molecule has 0 fully saturated rings. The Morgan fingerprint density at radius 3 is 2.43 bits per heavy atom. The summed E-state index contributed by atoms with van der Waals surface area (Å²) in [6, 6.07) is 0. The van der Waals surface area contributed by atoms with E-state index < -0.39 is 16.9 Å². The van der Waals surface area contributed by atoms with Crippen LogP contribution in [0.3, 0.4) is 0 Å². The Morgan fingerprint density at radius 1 is 1.50 bits per heavy atom. The van der Waals surface area contributed by atoms with Gasteiger partial charge in [0.15, 0.2) is 0 Å². The summed E-state index contributed by atoms with van der Waals surface area (Å²) in [7, 11) is 0. The minimum atomic E-state index is -1.75. The molecule has 0 saturated heterocycles. The van der Waals surface area contributed by atoms with Gasteiger partial charge in [-0.25, -0.2) is 0 Å². The zero-order valence-corrected chi connectivity index (χ0v) is 9.62. The van der Waals surface area contributed by atoms with Crippen LogP contribution >= 0.6 is 46.4 Å². The maximum atomic E-state index is 10.8. The minimum absolute atomic E-state index is 0.0247. The second-order valence-corrected chi connectivity index (χ2v) is 4.52. The van der Waals surface area contributed by atoms with Crippen LogP contribution in [0.25, 0.3) is 0 Å². The highest BCUT2D eigenvalue weighted by atomic mass is 35.5. The predicted molar refractivity (Wildman–Crippen MR) is 56.6 cm³/mol. The molecule has 0 aromatic rings. The Hall–Kier alpha value is 0.0700. The third-order valence-electron chi connectivity index (χ3n) is 1.77. The molecule has 0 bridgehead atoms. The van der Waals surface area contributed by atoms with E-state index in [4.69, 9.17) is 57.2 Å². The highest BCUT2D eigenvalue weighted by molar-refractivity contribution is 6.51. The molecule has 3 nitrogen and oxygen atoms in total. The van der Waals surface area contributed by atoms with Crippen LogP contribution in [0.15, 0.2) is 21.2 Å². The molecule has 78 valence electrons. The fraction of sp³-hybridized carbons (Fsp3) is 0.286. The molecule has 0 aromatic carbocycles. The Morgan fingerprint density at radius 2 is 2.00 bits per heavy atom. The van der Waals surface area contributed by atoms with Crippen LogP contribution in [-0.2, 0) is 4.79 Å². The summed E-state index contributed by atoms with van der Waals surface area (Å²) < 4.78 is 0. The molecule has 0 amide bonds. The molecule has 1 aliphatic carbocycles. The zero-order valence-electron chi connectivity index (χ0n) is 6.60. The number of alkyl halides is 1. The number of allylic oxidation sites excluding steroid dienone is 2. The quantitative estimate of drug-likeness (QED) is 0.571. The number of carboxylic acids is 1. The van der Waals surface area contributed by atoms with Gasteiger partial charge in [-0.3, -0.25) is 4.79 Å². The molecule has 2 unspecified atom stereocenters. The third kappa shape index (κ3) is 1.88. The van der Waals surface area contributed by atoms with Crippen molar-refractivity contribution in [2.75, 3.05) is 0 Å². The number of aliphatic carboxylic acids is 1. The normalized spacial score (nSPS) is 32.9. The average molecular weight is 277 g/mol. The smallest absolute Gasteiger partial charge is 0.313 e. The Balaban J connectivity index is 3.25. The van der Waals surface area contributed by atoms with E-state index in [0.717, 1.165) is 6.08 Å². The van der Waals surface area contributed by atoms with E-state index in [9.17, 15) is 4.79 Å². The molecular formula is C7H5Cl4NO2. The van der Waals surface area contributed by atoms with Crippen molar-refractivity contribution < 1.29 is 9.90 Å². The number of hydrogen-bond donors (Lipinski definition) is 2. The maximum Gasteiger partial charge on any atom is 0.313 e. The van der Waals surface area contributed by atoms with Crippen molar-refractivity contribution in [3.8, 4) is 0 Å². The molecular weight excluding hydrogens is 272 g/mol. The largest absolute Gasteiger partial charge is 0.481 e. The molecule has 14 heavy (non-hydrogen) atoms. The van der Waals surface area contributed by atoms with Crippen LogP contribution < -0.4 is 5.73 Å². The molecule has 0 saturated carbocycles. The lowest BCUT2D eigenvalue weighted by atomic mass is 9.95. The highest BCUT2D eigenvalue weighted by Gasteiger charge is 2.44. The van der Waals surface area contributed by atoms with Gasteiger partial charge < -0.3 is 10.8 Å². The van der Waals surface area contributed by atoms with Gasteiger partial charge in [0.05, 0.1) is 15.1 Å². The van der Waals surface area contributed by atoms with Gasteiger partial charge in [0.1, 0.15) is 10.9 Å². The number of carbonyl (C=O) groups is 1. The molecule has 0 heterocycles. The summed E-state index contributed by atoms with van der Waals surface area (Å²) in [6.07, 6.45) is 1.16. The summed E-state index contributed by atoms with van der Waals surface area (Å²) in [6.45, 7) is 0. The van der Waals surface area contributed by atoms with Gasteiger partial charge in [-0.2, -0.15) is 0 Å². The molecule has 1 aliphatic rings. The van der Waals surface area contributed by atoms with Crippen LogP contribution in [0.4, 0.5) is 0 Å². The first-order valence-corrected chi connectivity index (χ1v) is 4.93. The Kier molecular flexibility index (Phi) is 3.39.